The second kappa shape index (κ2) is 7.30. The molecule has 1 saturated carbocycles. The number of carbonyl (C=O) groups excluding carboxylic acids is 2. The molecule has 3 N–H and O–H groups in total. The lowest BCUT2D eigenvalue weighted by Gasteiger charge is -2.24. The number of nitrogens with one attached hydrogen (secondary N) is 1. The van der Waals surface area contributed by atoms with E-state index in [1.165, 1.54) is 47.4 Å². The molecule has 0 bridgehead atoms. The molecule has 0 aromatic heterocycles. The van der Waals surface area contributed by atoms with Crippen LogP contribution in [0, 0.1) is 0 Å². The zero-order chi connectivity index (χ0) is 19.6. The second-order valence-corrected chi connectivity index (χ2v) is 6.39. The van der Waals surface area contributed by atoms with Crippen molar-refractivity contribution in [2.75, 3.05) is 5.32 Å². The van der Waals surface area contributed by atoms with Crippen molar-refractivity contribution in [1.29, 1.82) is 0 Å². The van der Waals surface area contributed by atoms with Crippen molar-refractivity contribution in [1.82, 2.24) is 4.90 Å². The van der Waals surface area contributed by atoms with Crippen LogP contribution in [0.5, 0.6) is 0 Å². The van der Waals surface area contributed by atoms with Crippen molar-refractivity contribution in [3.63, 3.8) is 0 Å². The van der Waals surface area contributed by atoms with Crippen LogP contribution in [0.4, 0.5) is 23.7 Å². The highest BCUT2D eigenvalue weighted by Gasteiger charge is 2.37. The molecule has 3 amide bonds. The number of carbonyl (C=O) groups is 2. The Morgan fingerprint density at radius 1 is 1.07 bits per heavy atom. The molecule has 2 aromatic rings. The molecule has 0 radical (unpaired) electrons. The Kier molecular flexibility index (Phi) is 5.07. The summed E-state index contributed by atoms with van der Waals surface area (Å²) in [7, 11) is 0. The highest BCUT2D eigenvalue weighted by molar-refractivity contribution is 5.95. The van der Waals surface area contributed by atoms with Crippen LogP contribution in [-0.2, 0) is 12.7 Å². The number of nitrogens with two attached hydrogens (primary N) is 1. The Morgan fingerprint density at radius 2 is 1.70 bits per heavy atom. The van der Waals surface area contributed by atoms with Crippen LogP contribution in [0.25, 0.3) is 0 Å². The molecule has 27 heavy (non-hydrogen) atoms. The van der Waals surface area contributed by atoms with Crippen LogP contribution in [0.3, 0.4) is 0 Å². The van der Waals surface area contributed by atoms with Gasteiger partial charge in [-0.2, -0.15) is 13.2 Å². The van der Waals surface area contributed by atoms with Gasteiger partial charge >= 0.3 is 12.2 Å². The highest BCUT2D eigenvalue weighted by Crippen LogP contribution is 2.35. The van der Waals surface area contributed by atoms with E-state index in [2.05, 4.69) is 5.32 Å². The fraction of sp³-hybridized carbons (Fsp3) is 0.263. The predicted octanol–water partition coefficient (Wildman–Crippen LogP) is 4.00. The van der Waals surface area contributed by atoms with Crippen LogP contribution in [0.1, 0.15) is 34.3 Å². The normalized spacial score (nSPS) is 13.9. The molecule has 0 atom stereocenters. The largest absolute Gasteiger partial charge is 0.416 e. The second-order valence-electron chi connectivity index (χ2n) is 6.39. The number of anilines is 1. The summed E-state index contributed by atoms with van der Waals surface area (Å²) in [5.74, 6) is -0.347. The number of amides is 3. The van der Waals surface area contributed by atoms with E-state index in [9.17, 15) is 22.8 Å². The number of hydrogen-bond donors (Lipinski definition) is 2. The van der Waals surface area contributed by atoms with Crippen LogP contribution in [-0.4, -0.2) is 22.9 Å². The van der Waals surface area contributed by atoms with Crippen LogP contribution in [0.15, 0.2) is 48.5 Å². The molecule has 2 aromatic carbocycles. The molecular formula is C19H18F3N3O2. The van der Waals surface area contributed by atoms with Gasteiger partial charge < -0.3 is 16.0 Å². The number of urea groups is 1. The summed E-state index contributed by atoms with van der Waals surface area (Å²) < 4.78 is 39.7. The summed E-state index contributed by atoms with van der Waals surface area (Å²) in [6, 6.07) is 10.6. The van der Waals surface area contributed by atoms with E-state index in [-0.39, 0.29) is 24.1 Å². The first kappa shape index (κ1) is 18.8. The summed E-state index contributed by atoms with van der Waals surface area (Å²) in [6.07, 6.45) is -2.95. The quantitative estimate of drug-likeness (QED) is 0.826. The molecule has 1 fully saturated rings. The number of benzene rings is 2. The van der Waals surface area contributed by atoms with E-state index >= 15 is 0 Å². The van der Waals surface area contributed by atoms with Crippen molar-refractivity contribution in [2.45, 2.75) is 31.6 Å². The maximum atomic E-state index is 13.2. The SMILES string of the molecule is NC(=O)Nc1ccc(C(=O)N(Cc2ccccc2C(F)(F)F)C2CC2)cc1. The summed E-state index contributed by atoms with van der Waals surface area (Å²) >= 11 is 0. The molecule has 0 aliphatic heterocycles. The van der Waals surface area contributed by atoms with Crippen LogP contribution >= 0.6 is 0 Å². The maximum absolute atomic E-state index is 13.2. The lowest BCUT2D eigenvalue weighted by molar-refractivity contribution is -0.138. The van der Waals surface area contributed by atoms with Gasteiger partial charge in [-0.15, -0.1) is 0 Å². The molecule has 0 spiro atoms. The van der Waals surface area contributed by atoms with Gasteiger partial charge in [-0.1, -0.05) is 18.2 Å². The molecule has 8 heteroatoms. The van der Waals surface area contributed by atoms with Crippen LogP contribution < -0.4 is 11.1 Å². The first-order valence-corrected chi connectivity index (χ1v) is 8.38. The minimum absolute atomic E-state index is 0.0669. The molecule has 1 aliphatic rings. The number of nitrogens with zero attached hydrogens (tertiary/aromatic N) is 1. The number of halogens is 3. The van der Waals surface area contributed by atoms with Gasteiger partial charge in [-0.05, 0) is 48.7 Å². The summed E-state index contributed by atoms with van der Waals surface area (Å²) in [6.45, 7) is -0.111. The number of hydrogen-bond acceptors (Lipinski definition) is 2. The van der Waals surface area contributed by atoms with Gasteiger partial charge in [-0.25, -0.2) is 4.79 Å². The van der Waals surface area contributed by atoms with Gasteiger partial charge in [0, 0.05) is 23.8 Å². The number of rotatable bonds is 5. The van der Waals surface area contributed by atoms with Gasteiger partial charge in [-0.3, -0.25) is 4.79 Å². The lowest BCUT2D eigenvalue weighted by Crippen LogP contribution is -2.33. The third kappa shape index (κ3) is 4.58. The van der Waals surface area contributed by atoms with Crippen LogP contribution in [0.2, 0.25) is 0 Å². The smallest absolute Gasteiger partial charge is 0.351 e. The minimum atomic E-state index is -4.48. The fourth-order valence-electron chi connectivity index (χ4n) is 2.88. The van der Waals surface area contributed by atoms with Crippen molar-refractivity contribution >= 4 is 17.6 Å². The molecular weight excluding hydrogens is 359 g/mol. The first-order valence-electron chi connectivity index (χ1n) is 8.38. The number of primary amides is 1. The topological polar surface area (TPSA) is 75.4 Å². The van der Waals surface area contributed by atoms with E-state index in [4.69, 9.17) is 5.73 Å². The Balaban J connectivity index is 1.83. The monoisotopic (exact) mass is 377 g/mol. The van der Waals surface area contributed by atoms with Crippen molar-refractivity contribution < 1.29 is 22.8 Å². The van der Waals surface area contributed by atoms with E-state index in [1.54, 1.807) is 0 Å². The Bertz CT molecular complexity index is 846. The molecule has 5 nitrogen and oxygen atoms in total. The highest BCUT2D eigenvalue weighted by atomic mass is 19.4. The molecule has 0 heterocycles. The van der Waals surface area contributed by atoms with E-state index in [1.807, 2.05) is 0 Å². The molecule has 142 valence electrons. The molecule has 3 rings (SSSR count). The minimum Gasteiger partial charge on any atom is -0.351 e. The Hall–Kier alpha value is -3.03. The zero-order valence-corrected chi connectivity index (χ0v) is 14.3. The van der Waals surface area contributed by atoms with E-state index < -0.39 is 17.8 Å². The van der Waals surface area contributed by atoms with Gasteiger partial charge in [0.25, 0.3) is 5.91 Å². The van der Waals surface area contributed by atoms with E-state index in [0.29, 0.717) is 11.3 Å². The Labute approximate surface area is 154 Å². The standard InChI is InChI=1S/C19H18F3N3O2/c20-19(21,22)16-4-2-1-3-13(16)11-25(15-9-10-15)17(26)12-5-7-14(8-6-12)24-18(23)27/h1-8,15H,9-11H2,(H3,23,24,27). The van der Waals surface area contributed by atoms with Gasteiger partial charge in [0.2, 0.25) is 0 Å². The average Bonchev–Trinajstić information content (AvgIpc) is 3.44. The van der Waals surface area contributed by atoms with Crippen molar-refractivity contribution in [3.05, 3.63) is 65.2 Å². The molecule has 0 saturated heterocycles. The molecule has 0 unspecified atom stereocenters. The third-order valence-electron chi connectivity index (χ3n) is 4.31. The van der Waals surface area contributed by atoms with E-state index in [0.717, 1.165) is 18.9 Å². The van der Waals surface area contributed by atoms with Gasteiger partial charge in [0.15, 0.2) is 0 Å². The summed E-state index contributed by atoms with van der Waals surface area (Å²) in [4.78, 5) is 25.2. The number of alkyl halides is 3. The van der Waals surface area contributed by atoms with Crippen molar-refractivity contribution in [3.8, 4) is 0 Å². The maximum Gasteiger partial charge on any atom is 0.416 e. The predicted molar refractivity (Wildman–Crippen MR) is 94.0 cm³/mol. The fourth-order valence-corrected chi connectivity index (χ4v) is 2.88. The summed E-state index contributed by atoms with van der Waals surface area (Å²) in [5.41, 5.74) is 5.14. The average molecular weight is 377 g/mol. The zero-order valence-electron chi connectivity index (χ0n) is 14.3. The first-order chi connectivity index (χ1) is 12.8. The van der Waals surface area contributed by atoms with Gasteiger partial charge in [0.05, 0.1) is 5.56 Å². The lowest BCUT2D eigenvalue weighted by atomic mass is 10.1. The van der Waals surface area contributed by atoms with Crippen molar-refractivity contribution in [2.24, 2.45) is 5.73 Å². The summed E-state index contributed by atoms with van der Waals surface area (Å²) in [5, 5.41) is 2.39. The Morgan fingerprint density at radius 3 is 2.26 bits per heavy atom. The molecule has 1 aliphatic carbocycles. The third-order valence-corrected chi connectivity index (χ3v) is 4.31. The van der Waals surface area contributed by atoms with Gasteiger partial charge in [0.1, 0.15) is 0 Å².